The summed E-state index contributed by atoms with van der Waals surface area (Å²) in [6.45, 7) is 12.9. The van der Waals surface area contributed by atoms with Crippen molar-refractivity contribution in [3.8, 4) is 5.75 Å². The molecule has 0 radical (unpaired) electrons. The van der Waals surface area contributed by atoms with Gasteiger partial charge in [0.1, 0.15) is 11.9 Å². The van der Waals surface area contributed by atoms with Gasteiger partial charge in [-0.1, -0.05) is 26.8 Å². The molecule has 1 aromatic rings. The van der Waals surface area contributed by atoms with Gasteiger partial charge in [0.2, 0.25) is 0 Å². The summed E-state index contributed by atoms with van der Waals surface area (Å²) >= 11 is 0. The first-order valence-corrected chi connectivity index (χ1v) is 9.60. The van der Waals surface area contributed by atoms with Crippen LogP contribution in [0, 0.1) is 10.8 Å². The van der Waals surface area contributed by atoms with Crippen molar-refractivity contribution < 1.29 is 4.74 Å². The fraction of sp³-hybridized carbons (Fsp3) is 0.714. The third-order valence-electron chi connectivity index (χ3n) is 6.16. The monoisotopic (exact) mass is 328 g/mol. The van der Waals surface area contributed by atoms with E-state index >= 15 is 0 Å². The molecule has 4 rings (SSSR count). The molecule has 132 valence electrons. The summed E-state index contributed by atoms with van der Waals surface area (Å²) in [4.78, 5) is 2.76. The topological polar surface area (TPSA) is 24.5 Å². The third kappa shape index (κ3) is 3.15. The largest absolute Gasteiger partial charge is 0.487 e. The molecule has 3 heteroatoms. The fourth-order valence-corrected chi connectivity index (χ4v) is 5.60. The first-order chi connectivity index (χ1) is 11.3. The minimum Gasteiger partial charge on any atom is -0.487 e. The van der Waals surface area contributed by atoms with Gasteiger partial charge in [-0.25, -0.2) is 0 Å². The molecule has 1 saturated carbocycles. The summed E-state index contributed by atoms with van der Waals surface area (Å²) in [7, 11) is 0. The van der Waals surface area contributed by atoms with E-state index in [1.807, 2.05) is 0 Å². The van der Waals surface area contributed by atoms with Crippen LogP contribution in [0.3, 0.4) is 0 Å². The molecule has 3 atom stereocenters. The zero-order chi connectivity index (χ0) is 16.9. The van der Waals surface area contributed by atoms with E-state index in [0.717, 1.165) is 24.8 Å². The van der Waals surface area contributed by atoms with Crippen LogP contribution in [0.5, 0.6) is 5.75 Å². The number of hydrogen-bond acceptors (Lipinski definition) is 3. The van der Waals surface area contributed by atoms with Gasteiger partial charge in [0.05, 0.1) is 12.2 Å². The van der Waals surface area contributed by atoms with Crippen LogP contribution in [-0.2, 0) is 6.42 Å². The predicted molar refractivity (Wildman–Crippen MR) is 99.8 cm³/mol. The molecule has 1 saturated heterocycles. The Morgan fingerprint density at radius 3 is 2.92 bits per heavy atom. The highest BCUT2D eigenvalue weighted by Crippen LogP contribution is 2.52. The number of nitrogens with zero attached hydrogens (tertiary/aromatic N) is 1. The highest BCUT2D eigenvalue weighted by molar-refractivity contribution is 5.59. The lowest BCUT2D eigenvalue weighted by Crippen LogP contribution is -2.35. The summed E-state index contributed by atoms with van der Waals surface area (Å²) in [6.07, 6.45) is 5.54. The van der Waals surface area contributed by atoms with Gasteiger partial charge in [0.25, 0.3) is 0 Å². The molecule has 0 aromatic heterocycles. The SMILES string of the molecule is CC1CNc2cc(CCN3CC4(C)CC3CC(C)(C)C4)ccc2O1. The molecule has 3 unspecified atom stereocenters. The Balaban J connectivity index is 1.41. The second-order valence-corrected chi connectivity index (χ2v) is 9.57. The van der Waals surface area contributed by atoms with Crippen LogP contribution in [0.25, 0.3) is 0 Å². The Bertz CT molecular complexity index is 626. The smallest absolute Gasteiger partial charge is 0.142 e. The molecule has 24 heavy (non-hydrogen) atoms. The maximum atomic E-state index is 5.88. The second-order valence-electron chi connectivity index (χ2n) is 9.57. The van der Waals surface area contributed by atoms with E-state index in [4.69, 9.17) is 4.74 Å². The molecule has 1 N–H and O–H groups in total. The lowest BCUT2D eigenvalue weighted by molar-refractivity contribution is 0.127. The summed E-state index contributed by atoms with van der Waals surface area (Å²) in [5, 5.41) is 3.50. The van der Waals surface area contributed by atoms with E-state index < -0.39 is 0 Å². The van der Waals surface area contributed by atoms with Gasteiger partial charge in [0.15, 0.2) is 0 Å². The predicted octanol–water partition coefficient (Wildman–Crippen LogP) is 4.32. The number of fused-ring (bicyclic) bond motifs is 3. The summed E-state index contributed by atoms with van der Waals surface area (Å²) in [6, 6.07) is 7.46. The van der Waals surface area contributed by atoms with Crippen LogP contribution in [0.1, 0.15) is 52.5 Å². The molecule has 2 fully saturated rings. The van der Waals surface area contributed by atoms with E-state index in [9.17, 15) is 0 Å². The highest BCUT2D eigenvalue weighted by Gasteiger charge is 2.49. The van der Waals surface area contributed by atoms with Crippen LogP contribution < -0.4 is 10.1 Å². The molecule has 2 aliphatic heterocycles. The molecule has 2 heterocycles. The van der Waals surface area contributed by atoms with Crippen molar-refractivity contribution in [2.24, 2.45) is 10.8 Å². The van der Waals surface area contributed by atoms with Gasteiger partial charge >= 0.3 is 0 Å². The molecule has 0 spiro atoms. The first kappa shape index (κ1) is 16.3. The van der Waals surface area contributed by atoms with Crippen LogP contribution in [0.15, 0.2) is 18.2 Å². The van der Waals surface area contributed by atoms with Gasteiger partial charge in [-0.15, -0.1) is 0 Å². The molecule has 0 amide bonds. The van der Waals surface area contributed by atoms with E-state index in [2.05, 4.69) is 56.1 Å². The van der Waals surface area contributed by atoms with Crippen molar-refractivity contribution in [2.75, 3.05) is 25.0 Å². The number of rotatable bonds is 3. The van der Waals surface area contributed by atoms with Gasteiger partial charge in [-0.05, 0) is 61.1 Å². The van der Waals surface area contributed by atoms with Crippen molar-refractivity contribution >= 4 is 5.69 Å². The zero-order valence-electron chi connectivity index (χ0n) is 15.7. The van der Waals surface area contributed by atoms with E-state index in [0.29, 0.717) is 10.8 Å². The maximum absolute atomic E-state index is 5.88. The van der Waals surface area contributed by atoms with E-state index in [1.165, 1.54) is 43.6 Å². The first-order valence-electron chi connectivity index (χ1n) is 9.60. The van der Waals surface area contributed by atoms with E-state index in [-0.39, 0.29) is 6.10 Å². The standard InChI is InChI=1S/C21H32N2O/c1-15-12-22-18-9-16(5-6-19(18)24-15)7-8-23-14-21(4)11-17(23)10-20(2,3)13-21/h5-6,9,15,17,22H,7-8,10-14H2,1-4H3. The molecular formula is C21H32N2O. The minimum absolute atomic E-state index is 0.261. The number of benzene rings is 1. The number of likely N-dealkylation sites (tertiary alicyclic amines) is 1. The van der Waals surface area contributed by atoms with E-state index in [1.54, 1.807) is 0 Å². The summed E-state index contributed by atoms with van der Waals surface area (Å²) in [5.74, 6) is 1.00. The number of nitrogens with one attached hydrogen (secondary N) is 1. The van der Waals surface area contributed by atoms with Crippen molar-refractivity contribution in [3.05, 3.63) is 23.8 Å². The highest BCUT2D eigenvalue weighted by atomic mass is 16.5. The van der Waals surface area contributed by atoms with Crippen molar-refractivity contribution in [1.82, 2.24) is 4.90 Å². The molecule has 1 aromatic carbocycles. The Morgan fingerprint density at radius 1 is 1.25 bits per heavy atom. The lowest BCUT2D eigenvalue weighted by Gasteiger charge is -2.40. The maximum Gasteiger partial charge on any atom is 0.142 e. The average molecular weight is 329 g/mol. The fourth-order valence-electron chi connectivity index (χ4n) is 5.60. The number of anilines is 1. The van der Waals surface area contributed by atoms with Crippen LogP contribution in [0.4, 0.5) is 5.69 Å². The van der Waals surface area contributed by atoms with Gasteiger partial charge in [-0.2, -0.15) is 0 Å². The van der Waals surface area contributed by atoms with Crippen molar-refractivity contribution in [1.29, 1.82) is 0 Å². The summed E-state index contributed by atoms with van der Waals surface area (Å²) < 4.78 is 5.88. The number of hydrogen-bond donors (Lipinski definition) is 1. The molecule has 1 aliphatic carbocycles. The number of ether oxygens (including phenoxy) is 1. The van der Waals surface area contributed by atoms with Crippen molar-refractivity contribution in [3.63, 3.8) is 0 Å². The second kappa shape index (κ2) is 5.66. The summed E-state index contributed by atoms with van der Waals surface area (Å²) in [5.41, 5.74) is 3.63. The van der Waals surface area contributed by atoms with Gasteiger partial charge in [-0.3, -0.25) is 4.90 Å². The average Bonchev–Trinajstić information content (AvgIpc) is 2.73. The minimum atomic E-state index is 0.261. The van der Waals surface area contributed by atoms with Gasteiger partial charge < -0.3 is 10.1 Å². The van der Waals surface area contributed by atoms with Gasteiger partial charge in [0, 0.05) is 19.1 Å². The Hall–Kier alpha value is -1.22. The molecule has 3 aliphatic rings. The molecule has 2 bridgehead atoms. The van der Waals surface area contributed by atoms with Crippen LogP contribution >= 0.6 is 0 Å². The van der Waals surface area contributed by atoms with Crippen LogP contribution in [0.2, 0.25) is 0 Å². The van der Waals surface area contributed by atoms with Crippen LogP contribution in [-0.4, -0.2) is 36.7 Å². The lowest BCUT2D eigenvalue weighted by atomic mass is 9.65. The Morgan fingerprint density at radius 2 is 2.08 bits per heavy atom. The molecule has 3 nitrogen and oxygen atoms in total. The Labute approximate surface area is 146 Å². The Kier molecular flexibility index (Phi) is 3.83. The normalized spacial score (nSPS) is 34.3. The molecular weight excluding hydrogens is 296 g/mol. The zero-order valence-corrected chi connectivity index (χ0v) is 15.7. The van der Waals surface area contributed by atoms with Crippen molar-refractivity contribution in [2.45, 2.75) is 65.5 Å². The third-order valence-corrected chi connectivity index (χ3v) is 6.16. The quantitative estimate of drug-likeness (QED) is 0.894.